The molecule has 0 aliphatic carbocycles. The number of carbonyl (C=O) groups is 3. The Hall–Kier alpha value is -3.49. The molecule has 0 heterocycles. The van der Waals surface area contributed by atoms with Gasteiger partial charge < -0.3 is 20.1 Å². The van der Waals surface area contributed by atoms with E-state index in [1.165, 1.54) is 30.3 Å². The molecule has 0 bridgehead atoms. The molecule has 0 aromatic heterocycles. The lowest BCUT2D eigenvalue weighted by Crippen LogP contribution is -2.29. The van der Waals surface area contributed by atoms with Crippen LogP contribution in [0.25, 0.3) is 0 Å². The van der Waals surface area contributed by atoms with Crippen molar-refractivity contribution in [1.82, 2.24) is 5.32 Å². The van der Waals surface area contributed by atoms with Gasteiger partial charge in [0.2, 0.25) is 0 Å². The van der Waals surface area contributed by atoms with Crippen LogP contribution in [-0.2, 0) is 9.53 Å². The largest absolute Gasteiger partial charge is 0.452 e. The topological polar surface area (TPSA) is 93.7 Å². The summed E-state index contributed by atoms with van der Waals surface area (Å²) in [5.41, 5.74) is 0.272. The lowest BCUT2D eigenvalue weighted by atomic mass is 10.1. The van der Waals surface area contributed by atoms with Gasteiger partial charge in [0.1, 0.15) is 11.3 Å². The van der Waals surface area contributed by atoms with Gasteiger partial charge in [-0.3, -0.25) is 9.59 Å². The Kier molecular flexibility index (Phi) is 8.28. The summed E-state index contributed by atoms with van der Waals surface area (Å²) >= 11 is 0. The molecule has 0 saturated heterocycles. The van der Waals surface area contributed by atoms with E-state index in [0.717, 1.165) is 0 Å². The zero-order valence-corrected chi connectivity index (χ0v) is 16.5. The van der Waals surface area contributed by atoms with Crippen molar-refractivity contribution in [2.45, 2.75) is 20.5 Å². The second-order valence-electron chi connectivity index (χ2n) is 6.65. The van der Waals surface area contributed by atoms with E-state index in [2.05, 4.69) is 15.4 Å². The highest BCUT2D eigenvalue weighted by Crippen LogP contribution is 2.21. The van der Waals surface area contributed by atoms with Crippen molar-refractivity contribution in [3.63, 3.8) is 0 Å². The van der Waals surface area contributed by atoms with Gasteiger partial charge in [-0.25, -0.2) is 4.79 Å². The summed E-state index contributed by atoms with van der Waals surface area (Å²) in [6.07, 6.45) is 0. The van der Waals surface area contributed by atoms with E-state index in [4.69, 9.17) is 4.74 Å². The van der Waals surface area contributed by atoms with E-state index in [1.807, 2.05) is 13.8 Å². The second kappa shape index (κ2) is 10.9. The van der Waals surface area contributed by atoms with E-state index in [-0.39, 0.29) is 34.4 Å². The molecule has 0 aliphatic rings. The van der Waals surface area contributed by atoms with Crippen LogP contribution < -0.4 is 15.4 Å². The molecule has 0 unspecified atom stereocenters. The van der Waals surface area contributed by atoms with Gasteiger partial charge in [0, 0.05) is 6.54 Å². The fourth-order valence-corrected chi connectivity index (χ4v) is 2.41. The third kappa shape index (κ3) is 6.84. The first-order valence-corrected chi connectivity index (χ1v) is 9.16. The number of benzene rings is 2. The summed E-state index contributed by atoms with van der Waals surface area (Å²) in [7, 11) is 0. The van der Waals surface area contributed by atoms with Crippen LogP contribution in [0.2, 0.25) is 0 Å². The van der Waals surface area contributed by atoms with Gasteiger partial charge >= 0.3 is 12.6 Å². The first-order chi connectivity index (χ1) is 14.3. The van der Waals surface area contributed by atoms with Crippen LogP contribution in [0.1, 0.15) is 34.6 Å². The maximum Gasteiger partial charge on any atom is 0.387 e. The molecule has 2 rings (SSSR count). The molecule has 0 radical (unpaired) electrons. The number of hydrogen-bond donors (Lipinski definition) is 2. The molecule has 0 saturated carbocycles. The van der Waals surface area contributed by atoms with Crippen LogP contribution in [0, 0.1) is 5.92 Å². The summed E-state index contributed by atoms with van der Waals surface area (Å²) in [5, 5.41) is 5.26. The molecule has 2 N–H and O–H groups in total. The Bertz CT molecular complexity index is 902. The quantitative estimate of drug-likeness (QED) is 0.606. The molecule has 0 aliphatic heterocycles. The van der Waals surface area contributed by atoms with Crippen molar-refractivity contribution in [2.24, 2.45) is 5.92 Å². The highest BCUT2D eigenvalue weighted by Gasteiger charge is 2.18. The summed E-state index contributed by atoms with van der Waals surface area (Å²) in [5.74, 6) is -2.14. The minimum Gasteiger partial charge on any atom is -0.452 e. The average molecular weight is 420 g/mol. The number of alkyl halides is 2. The van der Waals surface area contributed by atoms with Gasteiger partial charge in [-0.1, -0.05) is 38.1 Å². The van der Waals surface area contributed by atoms with E-state index in [9.17, 15) is 23.2 Å². The zero-order valence-electron chi connectivity index (χ0n) is 16.5. The molecule has 2 aromatic rings. The third-order valence-corrected chi connectivity index (χ3v) is 3.77. The van der Waals surface area contributed by atoms with Crippen LogP contribution >= 0.6 is 0 Å². The predicted molar refractivity (Wildman–Crippen MR) is 106 cm³/mol. The minimum absolute atomic E-state index is 0.237. The fourth-order valence-electron chi connectivity index (χ4n) is 2.41. The molecule has 7 nitrogen and oxygen atoms in total. The first kappa shape index (κ1) is 22.8. The maximum absolute atomic E-state index is 12.5. The number of halogens is 2. The molecule has 9 heteroatoms. The molecular formula is C21H22F2N2O5. The van der Waals surface area contributed by atoms with Gasteiger partial charge in [0.05, 0.1) is 11.3 Å². The second-order valence-corrected chi connectivity index (χ2v) is 6.65. The molecule has 0 atom stereocenters. The van der Waals surface area contributed by atoms with Gasteiger partial charge in [-0.05, 0) is 30.2 Å². The summed E-state index contributed by atoms with van der Waals surface area (Å²) in [6, 6.07) is 11.7. The van der Waals surface area contributed by atoms with Crippen molar-refractivity contribution in [3.8, 4) is 5.75 Å². The number of carbonyl (C=O) groups excluding carboxylic acids is 3. The SMILES string of the molecule is CC(C)CNC(=O)c1ccccc1NC(=O)COC(=O)c1ccccc1OC(F)F. The van der Waals surface area contributed by atoms with Crippen molar-refractivity contribution in [2.75, 3.05) is 18.5 Å². The smallest absolute Gasteiger partial charge is 0.387 e. The number of rotatable bonds is 9. The average Bonchev–Trinajstić information content (AvgIpc) is 2.70. The standard InChI is InChI=1S/C21H22F2N2O5/c1-13(2)11-24-19(27)14-7-3-5-9-16(14)25-18(26)12-29-20(28)15-8-4-6-10-17(15)30-21(22)23/h3-10,13,21H,11-12H2,1-2H3,(H,24,27)(H,25,26). The number of amides is 2. The zero-order chi connectivity index (χ0) is 22.1. The first-order valence-electron chi connectivity index (χ1n) is 9.16. The Morgan fingerprint density at radius 3 is 2.27 bits per heavy atom. The Balaban J connectivity index is 1.99. The highest BCUT2D eigenvalue weighted by atomic mass is 19.3. The van der Waals surface area contributed by atoms with Crippen LogP contribution in [-0.4, -0.2) is 37.5 Å². The van der Waals surface area contributed by atoms with Crippen molar-refractivity contribution in [3.05, 3.63) is 59.7 Å². The third-order valence-electron chi connectivity index (χ3n) is 3.77. The van der Waals surface area contributed by atoms with Crippen molar-refractivity contribution < 1.29 is 32.6 Å². The molecule has 30 heavy (non-hydrogen) atoms. The fraction of sp³-hybridized carbons (Fsp3) is 0.286. The number of anilines is 1. The van der Waals surface area contributed by atoms with Gasteiger partial charge in [0.25, 0.3) is 11.8 Å². The van der Waals surface area contributed by atoms with Crippen molar-refractivity contribution in [1.29, 1.82) is 0 Å². The summed E-state index contributed by atoms with van der Waals surface area (Å²) in [6.45, 7) is 0.586. The monoisotopic (exact) mass is 420 g/mol. The van der Waals surface area contributed by atoms with E-state index >= 15 is 0 Å². The Morgan fingerprint density at radius 1 is 0.967 bits per heavy atom. The van der Waals surface area contributed by atoms with Crippen molar-refractivity contribution >= 4 is 23.5 Å². The molecule has 0 fully saturated rings. The predicted octanol–water partition coefficient (Wildman–Crippen LogP) is 3.47. The van der Waals surface area contributed by atoms with E-state index in [1.54, 1.807) is 18.2 Å². The van der Waals surface area contributed by atoms with Gasteiger partial charge in [-0.2, -0.15) is 8.78 Å². The maximum atomic E-state index is 12.5. The molecule has 2 aromatic carbocycles. The molecular weight excluding hydrogens is 398 g/mol. The lowest BCUT2D eigenvalue weighted by molar-refractivity contribution is -0.119. The van der Waals surface area contributed by atoms with Crippen LogP contribution in [0.5, 0.6) is 5.75 Å². The summed E-state index contributed by atoms with van der Waals surface area (Å²) < 4.78 is 34.1. The van der Waals surface area contributed by atoms with Gasteiger partial charge in [-0.15, -0.1) is 0 Å². The number of hydrogen-bond acceptors (Lipinski definition) is 5. The molecule has 160 valence electrons. The van der Waals surface area contributed by atoms with Crippen LogP contribution in [0.3, 0.4) is 0 Å². The normalized spacial score (nSPS) is 10.6. The molecule has 0 spiro atoms. The number of ether oxygens (including phenoxy) is 2. The van der Waals surface area contributed by atoms with Gasteiger partial charge in [0.15, 0.2) is 6.61 Å². The Morgan fingerprint density at radius 2 is 1.60 bits per heavy atom. The minimum atomic E-state index is -3.11. The van der Waals surface area contributed by atoms with Crippen LogP contribution in [0.4, 0.5) is 14.5 Å². The van der Waals surface area contributed by atoms with Crippen LogP contribution in [0.15, 0.2) is 48.5 Å². The number of nitrogens with one attached hydrogen (secondary N) is 2. The molecule has 2 amide bonds. The highest BCUT2D eigenvalue weighted by molar-refractivity contribution is 6.04. The number of esters is 1. The van der Waals surface area contributed by atoms with E-state index < -0.39 is 25.1 Å². The summed E-state index contributed by atoms with van der Waals surface area (Å²) in [4.78, 5) is 36.6. The lowest BCUT2D eigenvalue weighted by Gasteiger charge is -2.13. The number of para-hydroxylation sites is 2. The Labute approximate surface area is 172 Å². The van der Waals surface area contributed by atoms with E-state index in [0.29, 0.717) is 6.54 Å².